The van der Waals surface area contributed by atoms with Crippen LogP contribution in [-0.4, -0.2) is 58.8 Å². The molecule has 0 unspecified atom stereocenters. The zero-order valence-electron chi connectivity index (χ0n) is 15.8. The number of nitrogens with zero attached hydrogens (tertiary/aromatic N) is 4. The highest BCUT2D eigenvalue weighted by molar-refractivity contribution is 6.38. The zero-order chi connectivity index (χ0) is 19.1. The number of carbonyl (C=O) groups is 1. The highest BCUT2D eigenvalue weighted by Gasteiger charge is 2.26. The fourth-order valence-electron chi connectivity index (χ4n) is 3.49. The first-order valence-electron chi connectivity index (χ1n) is 9.17. The molecule has 0 atom stereocenters. The number of quaternary nitrogens is 1. The average molecular weight is 385 g/mol. The van der Waals surface area contributed by atoms with Crippen molar-refractivity contribution >= 4 is 28.5 Å². The number of piperazine rings is 1. The van der Waals surface area contributed by atoms with E-state index in [1.807, 2.05) is 43.0 Å². The van der Waals surface area contributed by atoms with Gasteiger partial charge in [-0.1, -0.05) is 29.3 Å². The molecule has 0 aliphatic carbocycles. The van der Waals surface area contributed by atoms with Crippen LogP contribution in [-0.2, 0) is 0 Å². The predicted octanol–water partition coefficient (Wildman–Crippen LogP) is 1.66. The number of fused-ring (bicyclic) bond motifs is 1. The maximum atomic E-state index is 13.0. The van der Waals surface area contributed by atoms with E-state index >= 15 is 0 Å². The molecular weight excluding hydrogens is 362 g/mol. The second kappa shape index (κ2) is 6.94. The molecule has 2 aromatic heterocycles. The Morgan fingerprint density at radius 1 is 1.15 bits per heavy atom. The van der Waals surface area contributed by atoms with E-state index in [1.54, 1.807) is 10.9 Å². The summed E-state index contributed by atoms with van der Waals surface area (Å²) >= 11 is 6.67. The SMILES string of the molecule is Cc1ccc(-n2nc(C)c3c(Cl)c(C(=O)N4CC[NH+](C)CC4)cnc32)cc1. The van der Waals surface area contributed by atoms with Gasteiger partial charge in [0.25, 0.3) is 5.91 Å². The van der Waals surface area contributed by atoms with Gasteiger partial charge in [0.15, 0.2) is 5.65 Å². The molecule has 6 nitrogen and oxygen atoms in total. The largest absolute Gasteiger partial charge is 0.334 e. The Hall–Kier alpha value is -2.44. The van der Waals surface area contributed by atoms with Gasteiger partial charge in [-0.25, -0.2) is 9.67 Å². The lowest BCUT2D eigenvalue weighted by atomic mass is 10.1. The van der Waals surface area contributed by atoms with Gasteiger partial charge in [0.05, 0.1) is 60.6 Å². The summed E-state index contributed by atoms with van der Waals surface area (Å²) in [4.78, 5) is 20.8. The summed E-state index contributed by atoms with van der Waals surface area (Å²) in [7, 11) is 2.14. The van der Waals surface area contributed by atoms with Crippen LogP contribution >= 0.6 is 11.6 Å². The van der Waals surface area contributed by atoms with Crippen LogP contribution in [0.4, 0.5) is 0 Å². The molecule has 0 saturated carbocycles. The van der Waals surface area contributed by atoms with Gasteiger partial charge in [-0.2, -0.15) is 5.10 Å². The Morgan fingerprint density at radius 2 is 1.81 bits per heavy atom. The van der Waals surface area contributed by atoms with Crippen molar-refractivity contribution in [3.05, 3.63) is 52.3 Å². The van der Waals surface area contributed by atoms with Gasteiger partial charge in [0.1, 0.15) is 0 Å². The summed E-state index contributed by atoms with van der Waals surface area (Å²) in [6, 6.07) is 8.07. The number of benzene rings is 1. The molecule has 3 aromatic rings. The number of amides is 1. The number of pyridine rings is 1. The van der Waals surface area contributed by atoms with Gasteiger partial charge in [0, 0.05) is 6.20 Å². The highest BCUT2D eigenvalue weighted by Crippen LogP contribution is 2.30. The summed E-state index contributed by atoms with van der Waals surface area (Å²) in [6.07, 6.45) is 1.59. The van der Waals surface area contributed by atoms with Crippen LogP contribution in [0.2, 0.25) is 5.02 Å². The van der Waals surface area contributed by atoms with E-state index in [0.29, 0.717) is 16.2 Å². The van der Waals surface area contributed by atoms with E-state index in [0.717, 1.165) is 42.9 Å². The van der Waals surface area contributed by atoms with Crippen LogP contribution < -0.4 is 4.90 Å². The molecule has 1 amide bonds. The standard InChI is InChI=1S/C20H22ClN5O/c1-13-4-6-15(7-5-13)26-19-17(14(2)23-26)18(21)16(12-22-19)20(27)25-10-8-24(3)9-11-25/h4-7,12H,8-11H2,1-3H3/p+1. The Kier molecular flexibility index (Phi) is 4.61. The number of likely N-dealkylation sites (N-methyl/N-ethyl adjacent to an activating group) is 1. The molecule has 3 heterocycles. The maximum Gasteiger partial charge on any atom is 0.257 e. The Bertz CT molecular complexity index is 1000. The minimum Gasteiger partial charge on any atom is -0.334 e. The third-order valence-electron chi connectivity index (χ3n) is 5.22. The minimum absolute atomic E-state index is 0.0515. The third-order valence-corrected chi connectivity index (χ3v) is 5.61. The van der Waals surface area contributed by atoms with Gasteiger partial charge in [-0.15, -0.1) is 0 Å². The second-order valence-corrected chi connectivity index (χ2v) is 7.64. The topological polar surface area (TPSA) is 55.5 Å². The maximum absolute atomic E-state index is 13.0. The number of nitrogens with one attached hydrogen (secondary N) is 1. The van der Waals surface area contributed by atoms with Gasteiger partial charge >= 0.3 is 0 Å². The summed E-state index contributed by atoms with van der Waals surface area (Å²) in [6.45, 7) is 7.31. The van der Waals surface area contributed by atoms with Crippen molar-refractivity contribution in [2.45, 2.75) is 13.8 Å². The molecule has 140 valence electrons. The van der Waals surface area contributed by atoms with Crippen LogP contribution in [0.3, 0.4) is 0 Å². The predicted molar refractivity (Wildman–Crippen MR) is 106 cm³/mol. The molecule has 0 bridgehead atoms. The average Bonchev–Trinajstić information content (AvgIpc) is 3.00. The normalized spacial score (nSPS) is 15.5. The molecule has 1 aliphatic rings. The monoisotopic (exact) mass is 384 g/mol. The van der Waals surface area contributed by atoms with E-state index in [9.17, 15) is 4.79 Å². The zero-order valence-corrected chi connectivity index (χ0v) is 16.5. The first-order chi connectivity index (χ1) is 13.0. The van der Waals surface area contributed by atoms with Crippen molar-refractivity contribution < 1.29 is 9.69 Å². The summed E-state index contributed by atoms with van der Waals surface area (Å²) in [5.41, 5.74) is 3.99. The fraction of sp³-hybridized carbons (Fsp3) is 0.350. The van der Waals surface area contributed by atoms with Crippen LogP contribution in [0.15, 0.2) is 30.5 Å². The van der Waals surface area contributed by atoms with Crippen molar-refractivity contribution in [3.63, 3.8) is 0 Å². The van der Waals surface area contributed by atoms with Crippen molar-refractivity contribution in [2.24, 2.45) is 0 Å². The van der Waals surface area contributed by atoms with E-state index in [4.69, 9.17) is 11.6 Å². The van der Waals surface area contributed by atoms with Crippen molar-refractivity contribution in [2.75, 3.05) is 33.2 Å². The summed E-state index contributed by atoms with van der Waals surface area (Å²) in [5, 5.41) is 5.79. The van der Waals surface area contributed by atoms with Gasteiger partial charge in [0.2, 0.25) is 0 Å². The van der Waals surface area contributed by atoms with Crippen LogP contribution in [0.25, 0.3) is 16.7 Å². The molecule has 4 rings (SSSR count). The van der Waals surface area contributed by atoms with Crippen molar-refractivity contribution in [3.8, 4) is 5.69 Å². The van der Waals surface area contributed by atoms with E-state index in [-0.39, 0.29) is 5.91 Å². The molecule has 27 heavy (non-hydrogen) atoms. The van der Waals surface area contributed by atoms with Crippen molar-refractivity contribution in [1.29, 1.82) is 0 Å². The van der Waals surface area contributed by atoms with Crippen molar-refractivity contribution in [1.82, 2.24) is 19.7 Å². The quantitative estimate of drug-likeness (QED) is 0.731. The fourth-order valence-corrected chi connectivity index (χ4v) is 3.84. The number of aromatic nitrogens is 3. The first kappa shape index (κ1) is 17.9. The number of hydrogen-bond donors (Lipinski definition) is 1. The van der Waals surface area contributed by atoms with Crippen LogP contribution in [0.1, 0.15) is 21.6 Å². The Balaban J connectivity index is 1.75. The molecule has 1 fully saturated rings. The number of rotatable bonds is 2. The van der Waals surface area contributed by atoms with Gasteiger partial charge < -0.3 is 9.80 Å². The van der Waals surface area contributed by atoms with E-state index in [2.05, 4.69) is 17.1 Å². The summed E-state index contributed by atoms with van der Waals surface area (Å²) in [5.74, 6) is -0.0515. The number of aryl methyl sites for hydroxylation is 2. The van der Waals surface area contributed by atoms with E-state index < -0.39 is 0 Å². The minimum atomic E-state index is -0.0515. The molecule has 0 radical (unpaired) electrons. The summed E-state index contributed by atoms with van der Waals surface area (Å²) < 4.78 is 1.78. The lowest BCUT2D eigenvalue weighted by Gasteiger charge is -2.30. The lowest BCUT2D eigenvalue weighted by Crippen LogP contribution is -3.12. The molecular formula is C20H23ClN5O+. The Morgan fingerprint density at radius 3 is 2.48 bits per heavy atom. The van der Waals surface area contributed by atoms with Gasteiger partial charge in [-0.3, -0.25) is 4.79 Å². The molecule has 1 saturated heterocycles. The molecule has 1 aliphatic heterocycles. The van der Waals surface area contributed by atoms with Crippen LogP contribution in [0, 0.1) is 13.8 Å². The molecule has 1 N–H and O–H groups in total. The Labute approximate surface area is 163 Å². The smallest absolute Gasteiger partial charge is 0.257 e. The van der Waals surface area contributed by atoms with Gasteiger partial charge in [-0.05, 0) is 26.0 Å². The molecule has 1 aromatic carbocycles. The van der Waals surface area contributed by atoms with E-state index in [1.165, 1.54) is 10.5 Å². The molecule has 7 heteroatoms. The third kappa shape index (κ3) is 3.19. The molecule has 0 spiro atoms. The van der Waals surface area contributed by atoms with Crippen LogP contribution in [0.5, 0.6) is 0 Å². The number of carbonyl (C=O) groups excluding carboxylic acids is 1. The number of halogens is 1. The number of hydrogen-bond acceptors (Lipinski definition) is 3. The highest BCUT2D eigenvalue weighted by atomic mass is 35.5. The first-order valence-corrected chi connectivity index (χ1v) is 9.55. The second-order valence-electron chi connectivity index (χ2n) is 7.27. The lowest BCUT2D eigenvalue weighted by molar-refractivity contribution is -0.883.